The third-order valence-electron chi connectivity index (χ3n) is 4.12. The third-order valence-corrected chi connectivity index (χ3v) is 5.27. The summed E-state index contributed by atoms with van der Waals surface area (Å²) < 4.78 is 15.6. The van der Waals surface area contributed by atoms with Crippen LogP contribution in [0.1, 0.15) is 10.4 Å². The van der Waals surface area contributed by atoms with E-state index < -0.39 is 11.0 Å². The van der Waals surface area contributed by atoms with Gasteiger partial charge < -0.3 is 4.90 Å². The molecule has 3 aromatic rings. The number of rotatable bonds is 1. The van der Waals surface area contributed by atoms with Crippen molar-refractivity contribution in [2.24, 2.45) is 0 Å². The SMILES string of the molecule is CN(C)C(=O)c1ccnc2c3c(ccc12)-c1ccccc1S(=O)N3. The molecule has 1 N–H and O–H groups in total. The summed E-state index contributed by atoms with van der Waals surface area (Å²) in [6.07, 6.45) is 1.62. The number of pyridine rings is 1. The summed E-state index contributed by atoms with van der Waals surface area (Å²) in [6.45, 7) is 0. The minimum atomic E-state index is -1.34. The van der Waals surface area contributed by atoms with Crippen molar-refractivity contribution in [2.45, 2.75) is 4.90 Å². The topological polar surface area (TPSA) is 62.3 Å². The van der Waals surface area contributed by atoms with Crippen molar-refractivity contribution in [1.29, 1.82) is 0 Å². The third kappa shape index (κ3) is 2.11. The summed E-state index contributed by atoms with van der Waals surface area (Å²) in [6, 6.07) is 13.2. The zero-order valence-electron chi connectivity index (χ0n) is 13.2. The Morgan fingerprint density at radius 3 is 2.67 bits per heavy atom. The Labute approximate surface area is 141 Å². The smallest absolute Gasteiger partial charge is 0.254 e. The molecule has 2 heterocycles. The Bertz CT molecular complexity index is 1010. The zero-order chi connectivity index (χ0) is 16.8. The maximum Gasteiger partial charge on any atom is 0.254 e. The zero-order valence-corrected chi connectivity index (χ0v) is 14.1. The van der Waals surface area contributed by atoms with Crippen molar-refractivity contribution >= 4 is 33.5 Å². The molecule has 2 aromatic carbocycles. The standard InChI is InChI=1S/C18H15N3O2S/c1-21(2)18(22)14-9-10-19-16-13(14)8-7-12-11-5-3-4-6-15(11)24(23)20-17(12)16/h3-10,20H,1-2H3. The monoisotopic (exact) mass is 337 g/mol. The largest absolute Gasteiger partial charge is 0.345 e. The normalized spacial score (nSPS) is 15.3. The highest BCUT2D eigenvalue weighted by molar-refractivity contribution is 7.86. The molecule has 24 heavy (non-hydrogen) atoms. The fourth-order valence-corrected chi connectivity index (χ4v) is 4.05. The lowest BCUT2D eigenvalue weighted by Crippen LogP contribution is -2.22. The van der Waals surface area contributed by atoms with Gasteiger partial charge in [-0.2, -0.15) is 0 Å². The van der Waals surface area contributed by atoms with Gasteiger partial charge in [0.2, 0.25) is 0 Å². The molecule has 0 fully saturated rings. The second-order valence-corrected chi connectivity index (χ2v) is 6.99. The van der Waals surface area contributed by atoms with Crippen molar-refractivity contribution in [3.8, 4) is 11.1 Å². The van der Waals surface area contributed by atoms with Crippen LogP contribution in [0, 0.1) is 0 Å². The highest BCUT2D eigenvalue weighted by Gasteiger charge is 2.24. The molecule has 1 aliphatic heterocycles. The molecule has 1 atom stereocenters. The molecule has 0 aliphatic carbocycles. The number of benzene rings is 2. The van der Waals surface area contributed by atoms with E-state index in [0.29, 0.717) is 16.8 Å². The van der Waals surface area contributed by atoms with E-state index in [0.717, 1.165) is 21.4 Å². The van der Waals surface area contributed by atoms with Crippen molar-refractivity contribution in [3.05, 3.63) is 54.2 Å². The molecular weight excluding hydrogens is 322 g/mol. The van der Waals surface area contributed by atoms with E-state index in [1.165, 1.54) is 4.90 Å². The van der Waals surface area contributed by atoms with Gasteiger partial charge >= 0.3 is 0 Å². The van der Waals surface area contributed by atoms with Crippen molar-refractivity contribution in [3.63, 3.8) is 0 Å². The molecule has 0 spiro atoms. The first-order chi connectivity index (χ1) is 11.6. The van der Waals surface area contributed by atoms with Gasteiger partial charge in [-0.1, -0.05) is 30.3 Å². The van der Waals surface area contributed by atoms with Gasteiger partial charge in [0.15, 0.2) is 11.0 Å². The van der Waals surface area contributed by atoms with Crippen LogP contribution in [0.15, 0.2) is 53.6 Å². The van der Waals surface area contributed by atoms with E-state index in [1.807, 2.05) is 36.4 Å². The number of carbonyl (C=O) groups excluding carboxylic acids is 1. The fraction of sp³-hybridized carbons (Fsp3) is 0.111. The lowest BCUT2D eigenvalue weighted by molar-refractivity contribution is 0.0829. The Morgan fingerprint density at radius 1 is 1.08 bits per heavy atom. The molecule has 120 valence electrons. The van der Waals surface area contributed by atoms with Crippen LogP contribution in [-0.4, -0.2) is 34.1 Å². The lowest BCUT2D eigenvalue weighted by Gasteiger charge is -2.22. The lowest BCUT2D eigenvalue weighted by atomic mass is 9.98. The van der Waals surface area contributed by atoms with Gasteiger partial charge in [-0.25, -0.2) is 4.21 Å². The molecule has 4 rings (SSSR count). The molecule has 6 heteroatoms. The molecule has 1 aliphatic rings. The average Bonchev–Trinajstić information content (AvgIpc) is 2.60. The number of nitrogens with zero attached hydrogens (tertiary/aromatic N) is 2. The van der Waals surface area contributed by atoms with E-state index in [1.54, 1.807) is 26.4 Å². The summed E-state index contributed by atoms with van der Waals surface area (Å²) in [5, 5.41) is 0.749. The number of amides is 1. The van der Waals surface area contributed by atoms with Gasteiger partial charge in [0, 0.05) is 36.8 Å². The number of aromatic nitrogens is 1. The van der Waals surface area contributed by atoms with Crippen LogP contribution < -0.4 is 4.72 Å². The van der Waals surface area contributed by atoms with E-state index in [4.69, 9.17) is 0 Å². The van der Waals surface area contributed by atoms with Crippen LogP contribution in [-0.2, 0) is 11.0 Å². The minimum absolute atomic E-state index is 0.0836. The number of hydrogen-bond acceptors (Lipinski definition) is 3. The van der Waals surface area contributed by atoms with Gasteiger partial charge in [0.25, 0.3) is 5.91 Å². The summed E-state index contributed by atoms with van der Waals surface area (Å²) in [5.41, 5.74) is 3.82. The highest BCUT2D eigenvalue weighted by atomic mass is 32.2. The van der Waals surface area contributed by atoms with Crippen molar-refractivity contribution < 1.29 is 9.00 Å². The minimum Gasteiger partial charge on any atom is -0.345 e. The van der Waals surface area contributed by atoms with Gasteiger partial charge in [-0.15, -0.1) is 0 Å². The summed E-state index contributed by atoms with van der Waals surface area (Å²) in [4.78, 5) is 19.1. The van der Waals surface area contributed by atoms with Gasteiger partial charge in [0.1, 0.15) is 0 Å². The molecule has 1 unspecified atom stereocenters. The second-order valence-electron chi connectivity index (χ2n) is 5.81. The second kappa shape index (κ2) is 5.42. The summed E-state index contributed by atoms with van der Waals surface area (Å²) in [5.74, 6) is -0.0836. The number of nitrogens with one attached hydrogen (secondary N) is 1. The fourth-order valence-electron chi connectivity index (χ4n) is 2.97. The van der Waals surface area contributed by atoms with E-state index in [9.17, 15) is 9.00 Å². The molecule has 1 amide bonds. The quantitative estimate of drug-likeness (QED) is 0.742. The average molecular weight is 337 g/mol. The Hall–Kier alpha value is -2.73. The van der Waals surface area contributed by atoms with Crippen LogP contribution in [0.4, 0.5) is 5.69 Å². The predicted molar refractivity (Wildman–Crippen MR) is 95.2 cm³/mol. The maximum absolute atomic E-state index is 12.5. The van der Waals surface area contributed by atoms with Gasteiger partial charge in [-0.3, -0.25) is 14.5 Å². The highest BCUT2D eigenvalue weighted by Crippen LogP contribution is 2.41. The van der Waals surface area contributed by atoms with E-state index in [-0.39, 0.29) is 5.91 Å². The van der Waals surface area contributed by atoms with Crippen LogP contribution >= 0.6 is 0 Å². The summed E-state index contributed by atoms with van der Waals surface area (Å²) >= 11 is 0. The van der Waals surface area contributed by atoms with Crippen LogP contribution in [0.2, 0.25) is 0 Å². The van der Waals surface area contributed by atoms with Crippen LogP contribution in [0.3, 0.4) is 0 Å². The Kier molecular flexibility index (Phi) is 3.35. The molecular formula is C18H15N3O2S. The number of fused-ring (bicyclic) bond motifs is 5. The maximum atomic E-state index is 12.5. The van der Waals surface area contributed by atoms with Crippen molar-refractivity contribution in [2.75, 3.05) is 18.8 Å². The van der Waals surface area contributed by atoms with Gasteiger partial charge in [0.05, 0.1) is 21.7 Å². The molecule has 1 aromatic heterocycles. The van der Waals surface area contributed by atoms with Crippen molar-refractivity contribution in [1.82, 2.24) is 9.88 Å². The Morgan fingerprint density at radius 2 is 1.88 bits per heavy atom. The molecule has 0 radical (unpaired) electrons. The molecule has 5 nitrogen and oxygen atoms in total. The first-order valence-electron chi connectivity index (χ1n) is 7.49. The number of anilines is 1. The molecule has 0 saturated heterocycles. The van der Waals surface area contributed by atoms with Gasteiger partial charge in [-0.05, 0) is 12.1 Å². The van der Waals surface area contributed by atoms with Crippen LogP contribution in [0.5, 0.6) is 0 Å². The first-order valence-corrected chi connectivity index (χ1v) is 8.64. The van der Waals surface area contributed by atoms with E-state index in [2.05, 4.69) is 9.71 Å². The first kappa shape index (κ1) is 14.8. The molecule has 0 saturated carbocycles. The number of hydrogen-bond donors (Lipinski definition) is 1. The van der Waals surface area contributed by atoms with Crippen LogP contribution in [0.25, 0.3) is 22.0 Å². The molecule has 0 bridgehead atoms. The van der Waals surface area contributed by atoms with E-state index >= 15 is 0 Å². The Balaban J connectivity index is 2.02. The predicted octanol–water partition coefficient (Wildman–Crippen LogP) is 3.05. The summed E-state index contributed by atoms with van der Waals surface area (Å²) in [7, 11) is 2.09. The number of carbonyl (C=O) groups is 1.